The van der Waals surface area contributed by atoms with Gasteiger partial charge in [0.2, 0.25) is 5.91 Å². The average Bonchev–Trinajstić information content (AvgIpc) is 2.59. The van der Waals surface area contributed by atoms with Crippen LogP contribution in [0.25, 0.3) is 0 Å². The molecule has 1 saturated heterocycles. The zero-order chi connectivity index (χ0) is 18.2. The summed E-state index contributed by atoms with van der Waals surface area (Å²) in [5.74, 6) is 0.0133. The fraction of sp³-hybridized carbons (Fsp3) is 0.556. The molecule has 1 heterocycles. The van der Waals surface area contributed by atoms with Crippen molar-refractivity contribution in [3.63, 3.8) is 0 Å². The number of morpholine rings is 1. The molecule has 1 aromatic carbocycles. The summed E-state index contributed by atoms with van der Waals surface area (Å²) in [5, 5.41) is 8.81. The molecule has 7 heteroatoms. The van der Waals surface area contributed by atoms with E-state index in [1.54, 1.807) is 19.1 Å². The van der Waals surface area contributed by atoms with Gasteiger partial charge >= 0.3 is 5.97 Å². The number of aryl methyl sites for hydroxylation is 1. The van der Waals surface area contributed by atoms with Gasteiger partial charge in [0, 0.05) is 26.1 Å². The van der Waals surface area contributed by atoms with E-state index >= 15 is 0 Å². The summed E-state index contributed by atoms with van der Waals surface area (Å²) >= 11 is 0. The highest BCUT2D eigenvalue weighted by atomic mass is 16.5. The third-order valence-electron chi connectivity index (χ3n) is 4.17. The maximum absolute atomic E-state index is 12.5. The second-order valence-electron chi connectivity index (χ2n) is 6.27. The van der Waals surface area contributed by atoms with Gasteiger partial charge in [0.15, 0.2) is 0 Å². The number of benzene rings is 1. The van der Waals surface area contributed by atoms with E-state index in [4.69, 9.17) is 14.6 Å². The Bertz CT molecular complexity index is 593. The van der Waals surface area contributed by atoms with Crippen molar-refractivity contribution in [2.45, 2.75) is 18.9 Å². The van der Waals surface area contributed by atoms with Crippen LogP contribution in [0.1, 0.15) is 12.0 Å². The van der Waals surface area contributed by atoms with Crippen LogP contribution in [0.2, 0.25) is 0 Å². The molecule has 1 aliphatic heterocycles. The van der Waals surface area contributed by atoms with Gasteiger partial charge in [0.05, 0.1) is 26.4 Å². The molecular formula is C18H26N2O5. The summed E-state index contributed by atoms with van der Waals surface area (Å²) in [6.07, 6.45) is 0.945. The lowest BCUT2D eigenvalue weighted by Crippen LogP contribution is -2.49. The molecule has 1 aliphatic rings. The minimum Gasteiger partial charge on any atom is -0.497 e. The molecule has 25 heavy (non-hydrogen) atoms. The fourth-order valence-corrected chi connectivity index (χ4v) is 2.94. The Morgan fingerprint density at radius 1 is 1.44 bits per heavy atom. The number of carboxylic acids is 1. The van der Waals surface area contributed by atoms with Crippen LogP contribution < -0.4 is 4.74 Å². The number of carboxylic acid groups (broad SMARTS) is 1. The van der Waals surface area contributed by atoms with E-state index in [0.717, 1.165) is 11.3 Å². The third-order valence-corrected chi connectivity index (χ3v) is 4.17. The maximum Gasteiger partial charge on any atom is 0.317 e. The standard InChI is InChI=1S/C18H26N2O5/c1-19(13-18(22)23)11-16-12-20(8-9-25-16)17(21)7-6-14-4-3-5-15(10-14)24-2/h3-5,10,16H,6-9,11-13H2,1-2H3,(H,22,23). The molecule has 1 unspecified atom stereocenters. The number of rotatable bonds is 8. The number of nitrogens with zero attached hydrogens (tertiary/aromatic N) is 2. The lowest BCUT2D eigenvalue weighted by Gasteiger charge is -2.34. The SMILES string of the molecule is COc1cccc(CCC(=O)N2CCOC(CN(C)CC(=O)O)C2)c1. The minimum atomic E-state index is -0.871. The zero-order valence-corrected chi connectivity index (χ0v) is 14.8. The van der Waals surface area contributed by atoms with E-state index in [9.17, 15) is 9.59 Å². The van der Waals surface area contributed by atoms with E-state index in [2.05, 4.69) is 0 Å². The van der Waals surface area contributed by atoms with Crippen molar-refractivity contribution < 1.29 is 24.2 Å². The first-order valence-corrected chi connectivity index (χ1v) is 8.40. The first-order valence-electron chi connectivity index (χ1n) is 8.40. The van der Waals surface area contributed by atoms with E-state index < -0.39 is 5.97 Å². The maximum atomic E-state index is 12.5. The molecule has 1 N–H and O–H groups in total. The Morgan fingerprint density at radius 2 is 2.24 bits per heavy atom. The molecule has 0 aliphatic carbocycles. The highest BCUT2D eigenvalue weighted by Crippen LogP contribution is 2.15. The molecule has 2 rings (SSSR count). The quantitative estimate of drug-likeness (QED) is 0.750. The van der Waals surface area contributed by atoms with Crippen LogP contribution in [0.15, 0.2) is 24.3 Å². The van der Waals surface area contributed by atoms with Gasteiger partial charge in [-0.05, 0) is 31.2 Å². The van der Waals surface area contributed by atoms with Crippen LogP contribution in [0.3, 0.4) is 0 Å². The van der Waals surface area contributed by atoms with Gasteiger partial charge in [-0.3, -0.25) is 14.5 Å². The van der Waals surface area contributed by atoms with Gasteiger partial charge < -0.3 is 19.5 Å². The van der Waals surface area contributed by atoms with Crippen molar-refractivity contribution in [2.24, 2.45) is 0 Å². The Kier molecular flexibility index (Phi) is 7.21. The summed E-state index contributed by atoms with van der Waals surface area (Å²) in [7, 11) is 3.36. The van der Waals surface area contributed by atoms with Gasteiger partial charge in [-0.25, -0.2) is 0 Å². The fourth-order valence-electron chi connectivity index (χ4n) is 2.94. The molecule has 0 bridgehead atoms. The monoisotopic (exact) mass is 350 g/mol. The number of hydrogen-bond donors (Lipinski definition) is 1. The predicted octanol–water partition coefficient (Wildman–Crippen LogP) is 0.872. The van der Waals surface area contributed by atoms with Gasteiger partial charge in [-0.1, -0.05) is 12.1 Å². The molecule has 0 radical (unpaired) electrons. The van der Waals surface area contributed by atoms with Crippen LogP contribution in [0.5, 0.6) is 5.75 Å². The smallest absolute Gasteiger partial charge is 0.317 e. The lowest BCUT2D eigenvalue weighted by molar-refractivity contribution is -0.142. The lowest BCUT2D eigenvalue weighted by atomic mass is 10.1. The van der Waals surface area contributed by atoms with Crippen LogP contribution in [-0.2, 0) is 20.7 Å². The van der Waals surface area contributed by atoms with Gasteiger partial charge in [0.25, 0.3) is 0 Å². The van der Waals surface area contributed by atoms with Gasteiger partial charge in [0.1, 0.15) is 5.75 Å². The number of hydrogen-bond acceptors (Lipinski definition) is 5. The number of methoxy groups -OCH3 is 1. The zero-order valence-electron chi connectivity index (χ0n) is 14.8. The van der Waals surface area contributed by atoms with Crippen molar-refractivity contribution >= 4 is 11.9 Å². The van der Waals surface area contributed by atoms with Gasteiger partial charge in [-0.2, -0.15) is 0 Å². The number of aliphatic carboxylic acids is 1. The number of carbonyl (C=O) groups excluding carboxylic acids is 1. The van der Waals surface area contributed by atoms with Crippen molar-refractivity contribution in [1.29, 1.82) is 0 Å². The third kappa shape index (κ3) is 6.36. The largest absolute Gasteiger partial charge is 0.497 e. The summed E-state index contributed by atoms with van der Waals surface area (Å²) < 4.78 is 10.9. The molecule has 1 atom stereocenters. The summed E-state index contributed by atoms with van der Waals surface area (Å²) in [6, 6.07) is 7.72. The van der Waals surface area contributed by atoms with Crippen LogP contribution >= 0.6 is 0 Å². The Morgan fingerprint density at radius 3 is 2.96 bits per heavy atom. The molecule has 0 spiro atoms. The van der Waals surface area contributed by atoms with Crippen LogP contribution in [0.4, 0.5) is 0 Å². The van der Waals surface area contributed by atoms with Crippen LogP contribution in [-0.4, -0.2) is 79.8 Å². The number of ether oxygens (including phenoxy) is 2. The summed E-state index contributed by atoms with van der Waals surface area (Å²) in [5.41, 5.74) is 1.07. The van der Waals surface area contributed by atoms with E-state index in [1.807, 2.05) is 29.2 Å². The number of amides is 1. The molecule has 1 aromatic rings. The van der Waals surface area contributed by atoms with Crippen molar-refractivity contribution in [3.8, 4) is 5.75 Å². The van der Waals surface area contributed by atoms with Crippen molar-refractivity contribution in [3.05, 3.63) is 29.8 Å². The second kappa shape index (κ2) is 9.39. The first-order chi connectivity index (χ1) is 12.0. The normalized spacial score (nSPS) is 17.6. The Labute approximate surface area is 148 Å². The Hall–Kier alpha value is -2.12. The highest BCUT2D eigenvalue weighted by Gasteiger charge is 2.25. The number of carbonyl (C=O) groups is 2. The predicted molar refractivity (Wildman–Crippen MR) is 92.8 cm³/mol. The molecule has 7 nitrogen and oxygen atoms in total. The second-order valence-corrected chi connectivity index (χ2v) is 6.27. The first kappa shape index (κ1) is 19.2. The summed E-state index contributed by atoms with van der Waals surface area (Å²) in [6.45, 7) is 2.02. The Balaban J connectivity index is 1.81. The summed E-state index contributed by atoms with van der Waals surface area (Å²) in [4.78, 5) is 26.7. The molecule has 138 valence electrons. The molecule has 0 saturated carbocycles. The average molecular weight is 350 g/mol. The van der Waals surface area contributed by atoms with E-state index in [1.165, 1.54) is 0 Å². The van der Waals surface area contributed by atoms with Crippen molar-refractivity contribution in [2.75, 3.05) is 46.9 Å². The molecule has 1 fully saturated rings. The van der Waals surface area contributed by atoms with Gasteiger partial charge in [-0.15, -0.1) is 0 Å². The number of likely N-dealkylation sites (N-methyl/N-ethyl adjacent to an activating group) is 1. The van der Waals surface area contributed by atoms with E-state index in [-0.39, 0.29) is 18.6 Å². The highest BCUT2D eigenvalue weighted by molar-refractivity contribution is 5.76. The minimum absolute atomic E-state index is 0.0380. The molecule has 0 aromatic heterocycles. The molecular weight excluding hydrogens is 324 g/mol. The molecule has 1 amide bonds. The topological polar surface area (TPSA) is 79.3 Å². The van der Waals surface area contributed by atoms with Crippen LogP contribution in [0, 0.1) is 0 Å². The van der Waals surface area contributed by atoms with E-state index in [0.29, 0.717) is 39.1 Å². The van der Waals surface area contributed by atoms with Crippen molar-refractivity contribution in [1.82, 2.24) is 9.80 Å².